The highest BCUT2D eigenvalue weighted by Gasteiger charge is 2.12. The molecule has 0 aromatic carbocycles. The molecule has 0 saturated carbocycles. The zero-order valence-corrected chi connectivity index (χ0v) is 9.55. The molecule has 3 nitrogen and oxygen atoms in total. The second-order valence-corrected chi connectivity index (χ2v) is 3.91. The minimum Gasteiger partial charge on any atom is -0.468 e. The van der Waals surface area contributed by atoms with Crippen molar-refractivity contribution in [2.75, 3.05) is 0 Å². The van der Waals surface area contributed by atoms with Crippen molar-refractivity contribution < 1.29 is 4.42 Å². The minimum absolute atomic E-state index is 0.207. The van der Waals surface area contributed by atoms with Crippen LogP contribution in [0.2, 0.25) is 0 Å². The van der Waals surface area contributed by atoms with Crippen LogP contribution < -0.4 is 5.32 Å². The number of hydrogen-bond acceptors (Lipinski definition) is 3. The van der Waals surface area contributed by atoms with Crippen LogP contribution in [0.5, 0.6) is 0 Å². The molecule has 2 rings (SSSR count). The normalized spacial score (nSPS) is 14.6. The first-order valence-corrected chi connectivity index (χ1v) is 5.46. The maximum atomic E-state index is 5.36. The van der Waals surface area contributed by atoms with Crippen molar-refractivity contribution in [1.29, 1.82) is 0 Å². The first kappa shape index (κ1) is 10.9. The van der Waals surface area contributed by atoms with E-state index in [0.717, 1.165) is 5.76 Å². The molecular weight excluding hydrogens is 200 g/mol. The Balaban J connectivity index is 2.00. The summed E-state index contributed by atoms with van der Waals surface area (Å²) in [5.41, 5.74) is 1.23. The Hall–Kier alpha value is -1.61. The van der Waals surface area contributed by atoms with Crippen LogP contribution in [0.25, 0.3) is 0 Å². The zero-order valence-electron chi connectivity index (χ0n) is 9.55. The zero-order chi connectivity index (χ0) is 11.4. The molecule has 0 radical (unpaired) electrons. The molecule has 0 aliphatic carbocycles. The number of hydrogen-bond donors (Lipinski definition) is 1. The van der Waals surface area contributed by atoms with Gasteiger partial charge < -0.3 is 9.73 Å². The molecule has 1 unspecified atom stereocenters. The van der Waals surface area contributed by atoms with Gasteiger partial charge in [0, 0.05) is 18.4 Å². The lowest BCUT2D eigenvalue weighted by molar-refractivity contribution is 0.403. The molecule has 3 heteroatoms. The summed E-state index contributed by atoms with van der Waals surface area (Å²) in [5.74, 6) is 0.959. The Morgan fingerprint density at radius 1 is 1.12 bits per heavy atom. The molecule has 16 heavy (non-hydrogen) atoms. The Morgan fingerprint density at radius 2 is 1.88 bits per heavy atom. The molecule has 2 aromatic heterocycles. The van der Waals surface area contributed by atoms with Crippen molar-refractivity contribution in [3.05, 3.63) is 54.2 Å². The molecule has 0 fully saturated rings. The predicted molar refractivity (Wildman–Crippen MR) is 62.9 cm³/mol. The number of rotatable bonds is 4. The molecule has 0 bridgehead atoms. The highest BCUT2D eigenvalue weighted by molar-refractivity contribution is 5.15. The number of nitrogens with one attached hydrogen (secondary N) is 1. The summed E-state index contributed by atoms with van der Waals surface area (Å²) < 4.78 is 5.36. The molecule has 0 aliphatic rings. The Kier molecular flexibility index (Phi) is 3.37. The van der Waals surface area contributed by atoms with Gasteiger partial charge in [0.25, 0.3) is 0 Å². The first-order chi connectivity index (χ1) is 7.77. The van der Waals surface area contributed by atoms with E-state index in [-0.39, 0.29) is 12.1 Å². The summed E-state index contributed by atoms with van der Waals surface area (Å²) in [6, 6.07) is 8.42. The van der Waals surface area contributed by atoms with Crippen LogP contribution in [-0.2, 0) is 0 Å². The summed E-state index contributed by atoms with van der Waals surface area (Å²) in [6.07, 6.45) is 5.32. The second kappa shape index (κ2) is 4.94. The SMILES string of the molecule is CC(N[C@H](C)c1ccco1)c1ccncc1. The van der Waals surface area contributed by atoms with Gasteiger partial charge in [-0.15, -0.1) is 0 Å². The van der Waals surface area contributed by atoms with E-state index in [4.69, 9.17) is 4.42 Å². The number of aromatic nitrogens is 1. The van der Waals surface area contributed by atoms with Crippen molar-refractivity contribution >= 4 is 0 Å². The van der Waals surface area contributed by atoms with Crippen molar-refractivity contribution in [2.24, 2.45) is 0 Å². The third-order valence-electron chi connectivity index (χ3n) is 2.68. The van der Waals surface area contributed by atoms with E-state index < -0.39 is 0 Å². The summed E-state index contributed by atoms with van der Waals surface area (Å²) in [4.78, 5) is 4.01. The van der Waals surface area contributed by atoms with Crippen LogP contribution in [0.4, 0.5) is 0 Å². The molecule has 0 saturated heterocycles. The Bertz CT molecular complexity index is 411. The molecule has 0 aliphatic heterocycles. The van der Waals surface area contributed by atoms with Gasteiger partial charge in [-0.1, -0.05) is 0 Å². The van der Waals surface area contributed by atoms with E-state index in [1.54, 1.807) is 6.26 Å². The third-order valence-corrected chi connectivity index (χ3v) is 2.68. The molecule has 0 amide bonds. The van der Waals surface area contributed by atoms with Gasteiger partial charge in [0.05, 0.1) is 12.3 Å². The maximum Gasteiger partial charge on any atom is 0.120 e. The first-order valence-electron chi connectivity index (χ1n) is 5.46. The number of pyridine rings is 1. The lowest BCUT2D eigenvalue weighted by atomic mass is 10.1. The predicted octanol–water partition coefficient (Wildman–Crippen LogP) is 3.09. The van der Waals surface area contributed by atoms with Gasteiger partial charge in [0.2, 0.25) is 0 Å². The van der Waals surface area contributed by atoms with Crippen molar-refractivity contribution in [2.45, 2.75) is 25.9 Å². The Labute approximate surface area is 95.5 Å². The molecule has 1 N–H and O–H groups in total. The molecule has 2 atom stereocenters. The number of furan rings is 1. The standard InChI is InChI=1S/C13H16N2O/c1-10(12-5-7-14-8-6-12)15-11(2)13-4-3-9-16-13/h3-11,15H,1-2H3/t10?,11-/m1/s1. The molecular formula is C13H16N2O. The van der Waals surface area contributed by atoms with Crippen LogP contribution in [0.15, 0.2) is 47.3 Å². The van der Waals surface area contributed by atoms with E-state index >= 15 is 0 Å². The van der Waals surface area contributed by atoms with Gasteiger partial charge in [-0.3, -0.25) is 4.98 Å². The summed E-state index contributed by atoms with van der Waals surface area (Å²) in [6.45, 7) is 4.23. The topological polar surface area (TPSA) is 38.1 Å². The van der Waals surface area contributed by atoms with E-state index in [0.29, 0.717) is 0 Å². The van der Waals surface area contributed by atoms with Crippen LogP contribution in [-0.4, -0.2) is 4.98 Å². The lowest BCUT2D eigenvalue weighted by Crippen LogP contribution is -2.22. The molecule has 0 spiro atoms. The fraction of sp³-hybridized carbons (Fsp3) is 0.308. The average molecular weight is 216 g/mol. The van der Waals surface area contributed by atoms with Gasteiger partial charge in [-0.25, -0.2) is 0 Å². The highest BCUT2D eigenvalue weighted by Crippen LogP contribution is 2.18. The van der Waals surface area contributed by atoms with E-state index in [9.17, 15) is 0 Å². The van der Waals surface area contributed by atoms with Crippen LogP contribution >= 0.6 is 0 Å². The van der Waals surface area contributed by atoms with E-state index in [2.05, 4.69) is 24.1 Å². The second-order valence-electron chi connectivity index (χ2n) is 3.91. The van der Waals surface area contributed by atoms with Gasteiger partial charge in [0.1, 0.15) is 5.76 Å². The number of nitrogens with zero attached hydrogens (tertiary/aromatic N) is 1. The van der Waals surface area contributed by atoms with Crippen molar-refractivity contribution in [3.8, 4) is 0 Å². The fourth-order valence-electron chi connectivity index (χ4n) is 1.74. The van der Waals surface area contributed by atoms with Crippen LogP contribution in [0, 0.1) is 0 Å². The van der Waals surface area contributed by atoms with Gasteiger partial charge in [0.15, 0.2) is 0 Å². The highest BCUT2D eigenvalue weighted by atomic mass is 16.3. The molecule has 2 heterocycles. The summed E-state index contributed by atoms with van der Waals surface area (Å²) in [7, 11) is 0. The monoisotopic (exact) mass is 216 g/mol. The van der Waals surface area contributed by atoms with E-state index in [1.807, 2.05) is 36.7 Å². The van der Waals surface area contributed by atoms with E-state index in [1.165, 1.54) is 5.56 Å². The quantitative estimate of drug-likeness (QED) is 0.853. The fourth-order valence-corrected chi connectivity index (χ4v) is 1.74. The van der Waals surface area contributed by atoms with Crippen LogP contribution in [0.1, 0.15) is 37.3 Å². The van der Waals surface area contributed by atoms with Crippen molar-refractivity contribution in [3.63, 3.8) is 0 Å². The smallest absolute Gasteiger partial charge is 0.120 e. The Morgan fingerprint density at radius 3 is 2.50 bits per heavy atom. The van der Waals surface area contributed by atoms with Gasteiger partial charge >= 0.3 is 0 Å². The summed E-state index contributed by atoms with van der Waals surface area (Å²) >= 11 is 0. The van der Waals surface area contributed by atoms with Gasteiger partial charge in [-0.2, -0.15) is 0 Å². The average Bonchev–Trinajstić information content (AvgIpc) is 2.83. The molecule has 84 valence electrons. The largest absolute Gasteiger partial charge is 0.468 e. The maximum absolute atomic E-state index is 5.36. The minimum atomic E-state index is 0.207. The van der Waals surface area contributed by atoms with Crippen molar-refractivity contribution in [1.82, 2.24) is 10.3 Å². The lowest BCUT2D eigenvalue weighted by Gasteiger charge is -2.18. The van der Waals surface area contributed by atoms with Gasteiger partial charge in [-0.05, 0) is 43.7 Å². The molecule has 2 aromatic rings. The van der Waals surface area contributed by atoms with Crippen LogP contribution in [0.3, 0.4) is 0 Å². The third kappa shape index (κ3) is 2.49. The summed E-state index contributed by atoms with van der Waals surface area (Å²) in [5, 5.41) is 3.48.